The Morgan fingerprint density at radius 3 is 2.24 bits per heavy atom. The Hall–Kier alpha value is -2.66. The smallest absolute Gasteiger partial charge is 0.228 e. The van der Waals surface area contributed by atoms with E-state index in [0.29, 0.717) is 32.5 Å². The summed E-state index contributed by atoms with van der Waals surface area (Å²) in [4.78, 5) is 29.8. The van der Waals surface area contributed by atoms with Gasteiger partial charge in [0.15, 0.2) is 0 Å². The van der Waals surface area contributed by atoms with Crippen LogP contribution in [0.2, 0.25) is 0 Å². The largest absolute Gasteiger partial charge is 0.341 e. The molecule has 2 amide bonds. The molecule has 29 heavy (non-hydrogen) atoms. The van der Waals surface area contributed by atoms with Crippen LogP contribution < -0.4 is 5.73 Å². The van der Waals surface area contributed by atoms with Gasteiger partial charge in [-0.05, 0) is 30.0 Å². The summed E-state index contributed by atoms with van der Waals surface area (Å²) >= 11 is 0. The fourth-order valence-corrected chi connectivity index (χ4v) is 5.01. The first-order chi connectivity index (χ1) is 14.1. The van der Waals surface area contributed by atoms with Crippen molar-refractivity contribution in [2.45, 2.75) is 24.8 Å². The summed E-state index contributed by atoms with van der Waals surface area (Å²) in [7, 11) is 1.82. The van der Waals surface area contributed by atoms with E-state index in [1.165, 1.54) is 5.56 Å². The third-order valence-electron chi connectivity index (χ3n) is 6.60. The second kappa shape index (κ2) is 8.37. The van der Waals surface area contributed by atoms with Crippen LogP contribution in [0.1, 0.15) is 35.9 Å². The number of carbonyl (C=O) groups is 2. The number of nitrogens with two attached hydrogens (primary N) is 1. The van der Waals surface area contributed by atoms with Crippen LogP contribution in [0.3, 0.4) is 0 Å². The van der Waals surface area contributed by atoms with Gasteiger partial charge in [-0.25, -0.2) is 0 Å². The van der Waals surface area contributed by atoms with E-state index < -0.39 is 0 Å². The molecule has 2 N–H and O–H groups in total. The summed E-state index contributed by atoms with van der Waals surface area (Å²) in [5, 5.41) is 0. The van der Waals surface area contributed by atoms with Crippen LogP contribution in [-0.2, 0) is 9.59 Å². The van der Waals surface area contributed by atoms with Crippen molar-refractivity contribution < 1.29 is 9.59 Å². The number of likely N-dealkylation sites (tertiary alicyclic amines) is 2. The number of rotatable bonds is 4. The third-order valence-corrected chi connectivity index (χ3v) is 6.60. The Morgan fingerprint density at radius 1 is 1.00 bits per heavy atom. The molecule has 4 atom stereocenters. The minimum Gasteiger partial charge on any atom is -0.341 e. The second-order valence-corrected chi connectivity index (χ2v) is 8.26. The quantitative estimate of drug-likeness (QED) is 0.872. The Kier molecular flexibility index (Phi) is 5.67. The fourth-order valence-electron chi connectivity index (χ4n) is 5.01. The second-order valence-electron chi connectivity index (χ2n) is 8.26. The van der Waals surface area contributed by atoms with E-state index in [4.69, 9.17) is 5.73 Å². The summed E-state index contributed by atoms with van der Waals surface area (Å²) < 4.78 is 0. The molecule has 152 valence electrons. The average Bonchev–Trinajstić information content (AvgIpc) is 3.21. The Labute approximate surface area is 172 Å². The molecule has 2 heterocycles. The summed E-state index contributed by atoms with van der Waals surface area (Å²) in [5.41, 5.74) is 8.34. The summed E-state index contributed by atoms with van der Waals surface area (Å²) in [6.07, 6.45) is 1.02. The van der Waals surface area contributed by atoms with Gasteiger partial charge in [0.25, 0.3) is 0 Å². The maximum absolute atomic E-state index is 13.6. The summed E-state index contributed by atoms with van der Waals surface area (Å²) in [6.45, 7) is 1.94. The highest BCUT2D eigenvalue weighted by atomic mass is 16.2. The standard InChI is InChI=1S/C24H29N3O2/c1-26-22(28)13-12-20(23(26)18-10-6-3-7-11-18)24(29)27-15-19(14-25)21(16-27)17-8-4-2-5-9-17/h2-11,19-21,23H,12-16,25H2,1H3/t19-,20?,21+,23?/m1/s1. The van der Waals surface area contributed by atoms with E-state index in [1.807, 2.05) is 60.5 Å². The first kappa shape index (κ1) is 19.6. The zero-order valence-corrected chi connectivity index (χ0v) is 16.9. The molecule has 2 unspecified atom stereocenters. The van der Waals surface area contributed by atoms with Gasteiger partial charge in [0, 0.05) is 32.5 Å². The molecule has 5 heteroatoms. The van der Waals surface area contributed by atoms with E-state index in [9.17, 15) is 9.59 Å². The highest BCUT2D eigenvalue weighted by molar-refractivity contribution is 5.85. The first-order valence-corrected chi connectivity index (χ1v) is 10.4. The van der Waals surface area contributed by atoms with Gasteiger partial charge in [0.2, 0.25) is 11.8 Å². The molecule has 2 aliphatic rings. The number of benzene rings is 2. The van der Waals surface area contributed by atoms with Crippen LogP contribution in [-0.4, -0.2) is 48.3 Å². The number of hydrogen-bond donors (Lipinski definition) is 1. The van der Waals surface area contributed by atoms with Crippen molar-refractivity contribution in [3.8, 4) is 0 Å². The number of amides is 2. The fraction of sp³-hybridized carbons (Fsp3) is 0.417. The molecular formula is C24H29N3O2. The van der Waals surface area contributed by atoms with Crippen LogP contribution >= 0.6 is 0 Å². The lowest BCUT2D eigenvalue weighted by Crippen LogP contribution is -2.47. The molecule has 0 aliphatic carbocycles. The zero-order valence-electron chi connectivity index (χ0n) is 16.9. The molecule has 2 saturated heterocycles. The number of hydrogen-bond acceptors (Lipinski definition) is 3. The highest BCUT2D eigenvalue weighted by Crippen LogP contribution is 2.39. The van der Waals surface area contributed by atoms with E-state index >= 15 is 0 Å². The van der Waals surface area contributed by atoms with Crippen LogP contribution in [0, 0.1) is 11.8 Å². The van der Waals surface area contributed by atoms with Crippen molar-refractivity contribution in [3.63, 3.8) is 0 Å². The van der Waals surface area contributed by atoms with Gasteiger partial charge in [-0.1, -0.05) is 60.7 Å². The molecule has 0 aromatic heterocycles. The third kappa shape index (κ3) is 3.79. The normalized spacial score (nSPS) is 27.3. The lowest BCUT2D eigenvalue weighted by Gasteiger charge is -2.40. The zero-order chi connectivity index (χ0) is 20.4. The van der Waals surface area contributed by atoms with E-state index in [0.717, 1.165) is 5.56 Å². The lowest BCUT2D eigenvalue weighted by atomic mass is 9.83. The minimum absolute atomic E-state index is 0.103. The van der Waals surface area contributed by atoms with E-state index in [1.54, 1.807) is 4.90 Å². The van der Waals surface area contributed by atoms with Gasteiger partial charge in [0.05, 0.1) is 12.0 Å². The molecular weight excluding hydrogens is 362 g/mol. The molecule has 5 nitrogen and oxygen atoms in total. The molecule has 2 fully saturated rings. The van der Waals surface area contributed by atoms with Crippen molar-refractivity contribution in [1.82, 2.24) is 9.80 Å². The van der Waals surface area contributed by atoms with Crippen LogP contribution in [0.4, 0.5) is 0 Å². The number of piperidine rings is 1. The summed E-state index contributed by atoms with van der Waals surface area (Å²) in [6, 6.07) is 20.1. The minimum atomic E-state index is -0.215. The van der Waals surface area contributed by atoms with Gasteiger partial charge >= 0.3 is 0 Å². The molecule has 4 rings (SSSR count). The Balaban J connectivity index is 1.58. The number of nitrogens with zero attached hydrogens (tertiary/aromatic N) is 2. The van der Waals surface area contributed by atoms with Crippen molar-refractivity contribution >= 4 is 11.8 Å². The molecule has 0 saturated carbocycles. The average molecular weight is 392 g/mol. The predicted molar refractivity (Wildman–Crippen MR) is 113 cm³/mol. The number of carbonyl (C=O) groups excluding carboxylic acids is 2. The summed E-state index contributed by atoms with van der Waals surface area (Å²) in [5.74, 6) is 0.567. The molecule has 2 aromatic carbocycles. The monoisotopic (exact) mass is 391 g/mol. The molecule has 0 bridgehead atoms. The molecule has 0 radical (unpaired) electrons. The van der Waals surface area contributed by atoms with Gasteiger partial charge in [0.1, 0.15) is 0 Å². The maximum Gasteiger partial charge on any atom is 0.228 e. The van der Waals surface area contributed by atoms with Gasteiger partial charge in [-0.2, -0.15) is 0 Å². The van der Waals surface area contributed by atoms with Crippen LogP contribution in [0.25, 0.3) is 0 Å². The van der Waals surface area contributed by atoms with E-state index in [-0.39, 0.29) is 35.6 Å². The topological polar surface area (TPSA) is 66.6 Å². The van der Waals surface area contributed by atoms with Crippen molar-refractivity contribution in [2.24, 2.45) is 17.6 Å². The molecule has 2 aliphatic heterocycles. The van der Waals surface area contributed by atoms with Crippen molar-refractivity contribution in [1.29, 1.82) is 0 Å². The first-order valence-electron chi connectivity index (χ1n) is 10.4. The van der Waals surface area contributed by atoms with Gasteiger partial charge in [-0.15, -0.1) is 0 Å². The maximum atomic E-state index is 13.6. The van der Waals surface area contributed by atoms with Crippen LogP contribution in [0.15, 0.2) is 60.7 Å². The van der Waals surface area contributed by atoms with E-state index in [2.05, 4.69) is 12.1 Å². The van der Waals surface area contributed by atoms with Crippen molar-refractivity contribution in [2.75, 3.05) is 26.7 Å². The SMILES string of the molecule is CN1C(=O)CCC(C(=O)N2C[C@@H](CN)[C@H](c3ccccc3)C2)C1c1ccccc1. The Bertz CT molecular complexity index is 855. The Morgan fingerprint density at radius 2 is 1.62 bits per heavy atom. The van der Waals surface area contributed by atoms with Gasteiger partial charge < -0.3 is 15.5 Å². The molecule has 2 aromatic rings. The molecule has 0 spiro atoms. The van der Waals surface area contributed by atoms with Gasteiger partial charge in [-0.3, -0.25) is 9.59 Å². The van der Waals surface area contributed by atoms with Crippen molar-refractivity contribution in [3.05, 3.63) is 71.8 Å². The lowest BCUT2D eigenvalue weighted by molar-refractivity contribution is -0.146. The van der Waals surface area contributed by atoms with Crippen LogP contribution in [0.5, 0.6) is 0 Å². The predicted octanol–water partition coefficient (Wildman–Crippen LogP) is 2.80. The highest BCUT2D eigenvalue weighted by Gasteiger charge is 2.43.